The van der Waals surface area contributed by atoms with E-state index in [1.165, 1.54) is 10.4 Å². The third-order valence-electron chi connectivity index (χ3n) is 3.24. The van der Waals surface area contributed by atoms with Crippen LogP contribution in [0.5, 0.6) is 0 Å². The lowest BCUT2D eigenvalue weighted by Crippen LogP contribution is -1.95. The first kappa shape index (κ1) is 11.9. The smallest absolute Gasteiger partial charge is 0.194 e. The fraction of sp³-hybridized carbons (Fsp3) is 0.200. The number of aromatic nitrogens is 2. The highest BCUT2D eigenvalue weighted by Gasteiger charge is 2.17. The normalized spacial score (nSPS) is 10.8. The Bertz CT molecular complexity index is 775. The van der Waals surface area contributed by atoms with E-state index in [0.29, 0.717) is 6.42 Å². The van der Waals surface area contributed by atoms with Gasteiger partial charge in [0.05, 0.1) is 29.6 Å². The van der Waals surface area contributed by atoms with Crippen LogP contribution < -0.4 is 0 Å². The maximum Gasteiger partial charge on any atom is 0.194 e. The third-order valence-corrected chi connectivity index (χ3v) is 4.19. The number of benzene rings is 1. The predicted molar refractivity (Wildman–Crippen MR) is 77.3 cm³/mol. The highest BCUT2D eigenvalue weighted by Crippen LogP contribution is 2.33. The van der Waals surface area contributed by atoms with Gasteiger partial charge in [-0.2, -0.15) is 5.26 Å². The van der Waals surface area contributed by atoms with Gasteiger partial charge in [-0.15, -0.1) is 11.3 Å². The molecule has 1 aromatic carbocycles. The number of imidazole rings is 1. The van der Waals surface area contributed by atoms with Crippen LogP contribution in [0.3, 0.4) is 0 Å². The van der Waals surface area contributed by atoms with Crippen LogP contribution in [0.15, 0.2) is 30.3 Å². The van der Waals surface area contributed by atoms with Crippen molar-refractivity contribution in [3.63, 3.8) is 0 Å². The predicted octanol–water partition coefficient (Wildman–Crippen LogP) is 3.75. The van der Waals surface area contributed by atoms with Gasteiger partial charge in [-0.3, -0.25) is 4.40 Å². The zero-order chi connectivity index (χ0) is 13.4. The molecule has 3 rings (SSSR count). The molecular formula is C15H13N3S. The molecule has 0 unspecified atom stereocenters. The van der Waals surface area contributed by atoms with Crippen LogP contribution in [0.2, 0.25) is 0 Å². The molecule has 0 saturated carbocycles. The molecule has 0 spiro atoms. The number of fused-ring (bicyclic) bond motifs is 1. The number of aryl methyl sites for hydroxylation is 2. The number of nitrogens with zero attached hydrogens (tertiary/aromatic N) is 3. The summed E-state index contributed by atoms with van der Waals surface area (Å²) in [6, 6.07) is 12.5. The first-order chi connectivity index (χ1) is 9.22. The van der Waals surface area contributed by atoms with E-state index in [0.717, 1.165) is 22.0 Å². The molecule has 0 radical (unpaired) electrons. The van der Waals surface area contributed by atoms with E-state index in [1.807, 2.05) is 25.1 Å². The van der Waals surface area contributed by atoms with E-state index in [9.17, 15) is 0 Å². The van der Waals surface area contributed by atoms with Crippen LogP contribution in [0.4, 0.5) is 0 Å². The monoisotopic (exact) mass is 267 g/mol. The van der Waals surface area contributed by atoms with Crippen LogP contribution in [0, 0.1) is 25.2 Å². The highest BCUT2D eigenvalue weighted by molar-refractivity contribution is 7.17. The maximum atomic E-state index is 9.00. The SMILES string of the molecule is Cc1nc2sc(C)c(-c3ccccc3)n2c1CC#N. The van der Waals surface area contributed by atoms with Crippen molar-refractivity contribution in [2.75, 3.05) is 0 Å². The van der Waals surface area contributed by atoms with Gasteiger partial charge in [0.15, 0.2) is 4.96 Å². The van der Waals surface area contributed by atoms with Crippen molar-refractivity contribution in [3.05, 3.63) is 46.6 Å². The Morgan fingerprint density at radius 1 is 1.26 bits per heavy atom. The average molecular weight is 267 g/mol. The summed E-state index contributed by atoms with van der Waals surface area (Å²) < 4.78 is 2.13. The molecule has 2 aromatic heterocycles. The summed E-state index contributed by atoms with van der Waals surface area (Å²) in [7, 11) is 0. The number of rotatable bonds is 2. The zero-order valence-electron chi connectivity index (χ0n) is 10.8. The van der Waals surface area contributed by atoms with Gasteiger partial charge >= 0.3 is 0 Å². The molecule has 0 atom stereocenters. The zero-order valence-corrected chi connectivity index (χ0v) is 11.7. The molecule has 4 heteroatoms. The summed E-state index contributed by atoms with van der Waals surface area (Å²) in [6.45, 7) is 4.07. The molecule has 0 aliphatic heterocycles. The summed E-state index contributed by atoms with van der Waals surface area (Å²) in [4.78, 5) is 6.77. The number of thiazole rings is 1. The second-order valence-corrected chi connectivity index (χ2v) is 5.65. The van der Waals surface area contributed by atoms with Crippen LogP contribution in [0.1, 0.15) is 16.3 Å². The largest absolute Gasteiger partial charge is 0.286 e. The molecule has 0 N–H and O–H groups in total. The van der Waals surface area contributed by atoms with E-state index >= 15 is 0 Å². The Morgan fingerprint density at radius 3 is 2.68 bits per heavy atom. The second-order valence-electron chi connectivity index (χ2n) is 4.47. The first-order valence-electron chi connectivity index (χ1n) is 6.12. The minimum atomic E-state index is 0.392. The number of hydrogen-bond donors (Lipinski definition) is 0. The summed E-state index contributed by atoms with van der Waals surface area (Å²) in [5.41, 5.74) is 4.28. The van der Waals surface area contributed by atoms with Crippen molar-refractivity contribution in [1.82, 2.24) is 9.38 Å². The summed E-state index contributed by atoms with van der Waals surface area (Å²) in [5.74, 6) is 0. The summed E-state index contributed by atoms with van der Waals surface area (Å²) in [5, 5.41) is 9.00. The molecule has 0 saturated heterocycles. The molecule has 0 amide bonds. The quantitative estimate of drug-likeness (QED) is 0.709. The minimum absolute atomic E-state index is 0.392. The molecule has 0 bridgehead atoms. The van der Waals surface area contributed by atoms with Crippen molar-refractivity contribution in [3.8, 4) is 17.3 Å². The van der Waals surface area contributed by atoms with E-state index in [2.05, 4.69) is 34.5 Å². The molecule has 19 heavy (non-hydrogen) atoms. The molecule has 3 nitrogen and oxygen atoms in total. The van der Waals surface area contributed by atoms with Crippen LogP contribution in [-0.4, -0.2) is 9.38 Å². The lowest BCUT2D eigenvalue weighted by molar-refractivity contribution is 1.05. The molecule has 0 aliphatic rings. The molecule has 2 heterocycles. The lowest BCUT2D eigenvalue weighted by atomic mass is 10.1. The van der Waals surface area contributed by atoms with Gasteiger partial charge in [0, 0.05) is 4.88 Å². The molecule has 0 aliphatic carbocycles. The van der Waals surface area contributed by atoms with Crippen molar-refractivity contribution in [1.29, 1.82) is 5.26 Å². The Labute approximate surface area is 115 Å². The van der Waals surface area contributed by atoms with Crippen molar-refractivity contribution < 1.29 is 0 Å². The van der Waals surface area contributed by atoms with Crippen molar-refractivity contribution in [2.45, 2.75) is 20.3 Å². The fourth-order valence-electron chi connectivity index (χ4n) is 2.39. The first-order valence-corrected chi connectivity index (χ1v) is 6.93. The van der Waals surface area contributed by atoms with E-state index < -0.39 is 0 Å². The third kappa shape index (κ3) is 1.83. The Hall–Kier alpha value is -2.12. The standard InChI is InChI=1S/C15H13N3S/c1-10-13(8-9-16)18-14(11(2)19-15(18)17-10)12-6-4-3-5-7-12/h3-7H,8H2,1-2H3. The van der Waals surface area contributed by atoms with Crippen molar-refractivity contribution >= 4 is 16.3 Å². The molecule has 0 fully saturated rings. The minimum Gasteiger partial charge on any atom is -0.286 e. The van der Waals surface area contributed by atoms with Gasteiger partial charge in [0.25, 0.3) is 0 Å². The van der Waals surface area contributed by atoms with Gasteiger partial charge in [-0.25, -0.2) is 4.98 Å². The van der Waals surface area contributed by atoms with Crippen LogP contribution >= 0.6 is 11.3 Å². The second kappa shape index (κ2) is 4.52. The summed E-state index contributed by atoms with van der Waals surface area (Å²) in [6.07, 6.45) is 0.392. The Kier molecular flexibility index (Phi) is 2.84. The van der Waals surface area contributed by atoms with E-state index in [4.69, 9.17) is 5.26 Å². The molecular weight excluding hydrogens is 254 g/mol. The molecule has 3 aromatic rings. The van der Waals surface area contributed by atoms with Gasteiger partial charge < -0.3 is 0 Å². The van der Waals surface area contributed by atoms with Gasteiger partial charge in [0.2, 0.25) is 0 Å². The van der Waals surface area contributed by atoms with E-state index in [1.54, 1.807) is 11.3 Å². The van der Waals surface area contributed by atoms with Crippen LogP contribution in [-0.2, 0) is 6.42 Å². The summed E-state index contributed by atoms with van der Waals surface area (Å²) >= 11 is 1.68. The fourth-order valence-corrected chi connectivity index (χ4v) is 3.44. The molecule has 94 valence electrons. The van der Waals surface area contributed by atoms with Gasteiger partial charge in [0.1, 0.15) is 0 Å². The topological polar surface area (TPSA) is 41.1 Å². The van der Waals surface area contributed by atoms with Crippen molar-refractivity contribution in [2.24, 2.45) is 0 Å². The number of nitriles is 1. The average Bonchev–Trinajstić information content (AvgIpc) is 2.87. The number of hydrogen-bond acceptors (Lipinski definition) is 3. The van der Waals surface area contributed by atoms with Crippen LogP contribution in [0.25, 0.3) is 16.2 Å². The van der Waals surface area contributed by atoms with E-state index in [-0.39, 0.29) is 0 Å². The Balaban J connectivity index is 2.35. The highest BCUT2D eigenvalue weighted by atomic mass is 32.1. The van der Waals surface area contributed by atoms with Gasteiger partial charge in [-0.05, 0) is 19.4 Å². The van der Waals surface area contributed by atoms with Gasteiger partial charge in [-0.1, -0.05) is 30.3 Å². The lowest BCUT2D eigenvalue weighted by Gasteiger charge is -2.04. The Morgan fingerprint density at radius 2 is 2.00 bits per heavy atom. The maximum absolute atomic E-state index is 9.00.